The summed E-state index contributed by atoms with van der Waals surface area (Å²) in [6.07, 6.45) is 57.3. The van der Waals surface area contributed by atoms with Gasteiger partial charge < -0.3 is 0 Å². The van der Waals surface area contributed by atoms with E-state index in [4.69, 9.17) is 0 Å². The Morgan fingerprint density at radius 2 is 0.536 bits per heavy atom. The van der Waals surface area contributed by atoms with E-state index >= 15 is 0 Å². The van der Waals surface area contributed by atoms with Crippen molar-refractivity contribution in [3.05, 3.63) is 59.7 Å². The molecule has 0 atom stereocenters. The van der Waals surface area contributed by atoms with Gasteiger partial charge in [0.1, 0.15) is 0 Å². The topological polar surface area (TPSA) is 24.7 Å². The average molecular weight is 769 g/mol. The number of hydrogen-bond donors (Lipinski definition) is 0. The van der Waals surface area contributed by atoms with Crippen molar-refractivity contribution in [2.75, 3.05) is 0 Å². The Bertz CT molecular complexity index is 1070. The molecular formula is C54H92N2. The first-order valence-electron chi connectivity index (χ1n) is 25.1. The van der Waals surface area contributed by atoms with Crippen LogP contribution in [0.3, 0.4) is 0 Å². The molecule has 0 radical (unpaired) electrons. The molecule has 0 spiro atoms. The van der Waals surface area contributed by atoms with Crippen LogP contribution in [0.5, 0.6) is 0 Å². The summed E-state index contributed by atoms with van der Waals surface area (Å²) < 4.78 is 0. The zero-order chi connectivity index (χ0) is 39.7. The Balaban J connectivity index is 1.42. The monoisotopic (exact) mass is 769 g/mol. The number of nitrogens with zero attached hydrogens (tertiary/aromatic N) is 2. The molecule has 56 heavy (non-hydrogen) atoms. The van der Waals surface area contributed by atoms with Crippen molar-refractivity contribution in [3.8, 4) is 0 Å². The molecule has 0 amide bonds. The van der Waals surface area contributed by atoms with Gasteiger partial charge in [-0.1, -0.05) is 256 Å². The Morgan fingerprint density at radius 3 is 0.786 bits per heavy atom. The van der Waals surface area contributed by atoms with Crippen molar-refractivity contribution in [3.63, 3.8) is 0 Å². The Labute approximate surface area is 350 Å². The lowest BCUT2D eigenvalue weighted by atomic mass is 10.0. The van der Waals surface area contributed by atoms with Crippen molar-refractivity contribution in [1.82, 2.24) is 0 Å². The minimum atomic E-state index is 1.03. The van der Waals surface area contributed by atoms with Crippen molar-refractivity contribution < 1.29 is 0 Å². The van der Waals surface area contributed by atoms with Gasteiger partial charge in [0.2, 0.25) is 0 Å². The van der Waals surface area contributed by atoms with E-state index in [9.17, 15) is 0 Å². The Hall–Kier alpha value is -2.22. The molecule has 0 unspecified atom stereocenters. The summed E-state index contributed by atoms with van der Waals surface area (Å²) in [5.41, 5.74) is 4.86. The zero-order valence-corrected chi connectivity index (χ0v) is 37.5. The molecule has 0 aliphatic rings. The number of aliphatic imine (C=N–C) groups is 2. The summed E-state index contributed by atoms with van der Waals surface area (Å²) in [5.74, 6) is 0. The van der Waals surface area contributed by atoms with Gasteiger partial charge in [-0.3, -0.25) is 9.98 Å². The molecule has 2 nitrogen and oxygen atoms in total. The van der Waals surface area contributed by atoms with Gasteiger partial charge in [-0.2, -0.15) is 0 Å². The summed E-state index contributed by atoms with van der Waals surface area (Å²) in [5, 5.41) is 0. The van der Waals surface area contributed by atoms with Gasteiger partial charge in [-0.05, 0) is 61.1 Å². The molecule has 0 fully saturated rings. The maximum absolute atomic E-state index is 4.69. The summed E-state index contributed by atoms with van der Waals surface area (Å²) in [4.78, 5) is 9.38. The van der Waals surface area contributed by atoms with Crippen molar-refractivity contribution in [1.29, 1.82) is 0 Å². The molecule has 0 aliphatic carbocycles. The fraction of sp³-hybridized carbons (Fsp3) is 0.741. The second-order valence-electron chi connectivity index (χ2n) is 17.4. The van der Waals surface area contributed by atoms with Gasteiger partial charge in [-0.15, -0.1) is 0 Å². The van der Waals surface area contributed by atoms with Crippen LogP contribution in [0.2, 0.25) is 0 Å². The van der Waals surface area contributed by atoms with E-state index in [1.807, 2.05) is 12.4 Å². The molecular weight excluding hydrogens is 677 g/mol. The largest absolute Gasteiger partial charge is 0.255 e. The van der Waals surface area contributed by atoms with Gasteiger partial charge in [-0.25, -0.2) is 0 Å². The number of aryl methyl sites for hydroxylation is 2. The molecule has 2 aromatic carbocycles. The first-order chi connectivity index (χ1) is 27.8. The van der Waals surface area contributed by atoms with Crippen LogP contribution in [0.25, 0.3) is 0 Å². The van der Waals surface area contributed by atoms with E-state index in [-0.39, 0.29) is 0 Å². The van der Waals surface area contributed by atoms with Crippen LogP contribution in [0.1, 0.15) is 256 Å². The van der Waals surface area contributed by atoms with Gasteiger partial charge in [0, 0.05) is 12.4 Å². The van der Waals surface area contributed by atoms with Crippen LogP contribution in [-0.2, 0) is 12.8 Å². The molecule has 0 saturated heterocycles. The predicted octanol–water partition coefficient (Wildman–Crippen LogP) is 19.0. The van der Waals surface area contributed by atoms with E-state index < -0.39 is 0 Å². The summed E-state index contributed by atoms with van der Waals surface area (Å²) in [6, 6.07) is 17.5. The second-order valence-corrected chi connectivity index (χ2v) is 17.4. The highest BCUT2D eigenvalue weighted by molar-refractivity contribution is 6.17. The molecule has 0 aliphatic heterocycles. The SMILES string of the molecule is CCCCCCCCCCCCCCCCCCCCc1cccc(N=CC=Nc2cccc(CCCCCCCCCCCCCCCCCCCC)c2)c1. The first kappa shape index (κ1) is 49.9. The molecule has 0 heterocycles. The molecule has 0 aromatic heterocycles. The Morgan fingerprint density at radius 1 is 0.304 bits per heavy atom. The summed E-state index contributed by atoms with van der Waals surface area (Å²) >= 11 is 0. The van der Waals surface area contributed by atoms with Gasteiger partial charge in [0.05, 0.1) is 11.4 Å². The van der Waals surface area contributed by atoms with E-state index in [0.29, 0.717) is 0 Å². The standard InChI is InChI=1S/C54H92N2/c1-3-5-7-9-11-13-15-17-19-21-23-25-27-29-31-33-35-37-41-51-43-39-45-53(49-51)55-47-48-56-54-46-40-44-52(50-54)42-38-36-34-32-30-28-26-24-22-20-18-16-14-12-10-8-6-4-2/h39-40,43-50H,3-38,41-42H2,1-2H3. The average Bonchev–Trinajstić information content (AvgIpc) is 3.22. The van der Waals surface area contributed by atoms with E-state index in [2.05, 4.69) is 72.4 Å². The van der Waals surface area contributed by atoms with Crippen LogP contribution >= 0.6 is 0 Å². The van der Waals surface area contributed by atoms with Crippen molar-refractivity contribution in [2.45, 2.75) is 258 Å². The second kappa shape index (κ2) is 39.6. The van der Waals surface area contributed by atoms with E-state index in [1.54, 1.807) is 0 Å². The highest BCUT2D eigenvalue weighted by Crippen LogP contribution is 2.20. The molecule has 2 aromatic rings. The fourth-order valence-corrected chi connectivity index (χ4v) is 8.28. The lowest BCUT2D eigenvalue weighted by molar-refractivity contribution is 0.525. The van der Waals surface area contributed by atoms with Crippen molar-refractivity contribution >= 4 is 23.8 Å². The smallest absolute Gasteiger partial charge is 0.0633 e. The number of rotatable bonds is 41. The third-order valence-electron chi connectivity index (χ3n) is 12.0. The van der Waals surface area contributed by atoms with Crippen LogP contribution in [0.4, 0.5) is 11.4 Å². The molecule has 2 rings (SSSR count). The molecule has 2 heteroatoms. The first-order valence-corrected chi connectivity index (χ1v) is 25.1. The molecule has 318 valence electrons. The third kappa shape index (κ3) is 31.8. The minimum Gasteiger partial charge on any atom is -0.255 e. The quantitative estimate of drug-likeness (QED) is 0.0475. The van der Waals surface area contributed by atoms with Gasteiger partial charge >= 0.3 is 0 Å². The summed E-state index contributed by atoms with van der Waals surface area (Å²) in [6.45, 7) is 4.61. The number of hydrogen-bond acceptors (Lipinski definition) is 2. The van der Waals surface area contributed by atoms with Crippen LogP contribution in [-0.4, -0.2) is 12.4 Å². The van der Waals surface area contributed by atoms with Gasteiger partial charge in [0.15, 0.2) is 0 Å². The Kier molecular flexibility index (Phi) is 35.3. The maximum Gasteiger partial charge on any atom is 0.0633 e. The maximum atomic E-state index is 4.69. The normalized spacial score (nSPS) is 11.8. The summed E-state index contributed by atoms with van der Waals surface area (Å²) in [7, 11) is 0. The lowest BCUT2D eigenvalue weighted by Gasteiger charge is -2.05. The van der Waals surface area contributed by atoms with Crippen LogP contribution in [0.15, 0.2) is 58.5 Å². The van der Waals surface area contributed by atoms with Crippen molar-refractivity contribution in [2.24, 2.45) is 9.98 Å². The number of unbranched alkanes of at least 4 members (excludes halogenated alkanes) is 34. The zero-order valence-electron chi connectivity index (χ0n) is 37.5. The fourth-order valence-electron chi connectivity index (χ4n) is 8.28. The predicted molar refractivity (Wildman–Crippen MR) is 254 cm³/mol. The molecule has 0 bridgehead atoms. The molecule has 0 saturated carbocycles. The van der Waals surface area contributed by atoms with E-state index in [1.165, 1.54) is 242 Å². The molecule has 0 N–H and O–H groups in total. The van der Waals surface area contributed by atoms with Crippen LogP contribution in [0, 0.1) is 0 Å². The number of benzene rings is 2. The minimum absolute atomic E-state index is 1.03. The lowest BCUT2D eigenvalue weighted by Crippen LogP contribution is -1.87. The highest BCUT2D eigenvalue weighted by Gasteiger charge is 2.00. The highest BCUT2D eigenvalue weighted by atomic mass is 14.8. The third-order valence-corrected chi connectivity index (χ3v) is 12.0. The van der Waals surface area contributed by atoms with Gasteiger partial charge in [0.25, 0.3) is 0 Å². The van der Waals surface area contributed by atoms with E-state index in [0.717, 1.165) is 24.2 Å². The van der Waals surface area contributed by atoms with Crippen LogP contribution < -0.4 is 0 Å².